The SMILES string of the molecule is COc1ccc(C=CC(=O)N2CCc3sccc3C2c2cccs2)cc1S(=O)(=O)N(C)C. The number of nitrogens with zero attached hydrogens (tertiary/aromatic N) is 2. The molecule has 0 radical (unpaired) electrons. The molecule has 1 aliphatic rings. The van der Waals surface area contributed by atoms with E-state index >= 15 is 0 Å². The maximum atomic E-state index is 13.2. The number of methoxy groups -OCH3 is 1. The van der Waals surface area contributed by atoms with Gasteiger partial charge in [0.1, 0.15) is 10.6 Å². The topological polar surface area (TPSA) is 66.9 Å². The average Bonchev–Trinajstić information content (AvgIpc) is 3.48. The summed E-state index contributed by atoms with van der Waals surface area (Å²) in [5.41, 5.74) is 1.80. The lowest BCUT2D eigenvalue weighted by Gasteiger charge is -2.34. The highest BCUT2D eigenvalue weighted by molar-refractivity contribution is 7.89. The molecule has 1 aromatic carbocycles. The number of carbonyl (C=O) groups is 1. The van der Waals surface area contributed by atoms with Crippen LogP contribution in [0.25, 0.3) is 6.08 Å². The van der Waals surface area contributed by atoms with Crippen molar-refractivity contribution in [1.82, 2.24) is 9.21 Å². The molecule has 168 valence electrons. The monoisotopic (exact) mass is 488 g/mol. The Morgan fingerprint density at radius 3 is 2.69 bits per heavy atom. The van der Waals surface area contributed by atoms with Gasteiger partial charge in [-0.25, -0.2) is 12.7 Å². The van der Waals surface area contributed by atoms with Crippen molar-refractivity contribution in [2.24, 2.45) is 0 Å². The molecule has 1 atom stereocenters. The Kier molecular flexibility index (Phi) is 6.52. The molecule has 4 rings (SSSR count). The van der Waals surface area contributed by atoms with Crippen LogP contribution in [0, 0.1) is 0 Å². The number of benzene rings is 1. The fourth-order valence-electron chi connectivity index (χ4n) is 3.77. The first kappa shape index (κ1) is 22.7. The van der Waals surface area contributed by atoms with E-state index in [1.165, 1.54) is 43.8 Å². The molecule has 0 aliphatic carbocycles. The fraction of sp³-hybridized carbons (Fsp3) is 0.261. The number of ether oxygens (including phenoxy) is 1. The minimum absolute atomic E-state index is 0.0666. The molecule has 9 heteroatoms. The Labute approximate surface area is 196 Å². The van der Waals surface area contributed by atoms with Crippen molar-refractivity contribution in [3.8, 4) is 5.75 Å². The van der Waals surface area contributed by atoms with Crippen molar-refractivity contribution >= 4 is 44.7 Å². The van der Waals surface area contributed by atoms with E-state index in [9.17, 15) is 13.2 Å². The molecule has 0 saturated carbocycles. The number of fused-ring (bicyclic) bond motifs is 1. The van der Waals surface area contributed by atoms with Crippen LogP contribution >= 0.6 is 22.7 Å². The summed E-state index contributed by atoms with van der Waals surface area (Å²) in [6.45, 7) is 0.641. The van der Waals surface area contributed by atoms with Crippen molar-refractivity contribution in [1.29, 1.82) is 0 Å². The predicted octanol–water partition coefficient (Wildman–Crippen LogP) is 4.26. The number of sulfonamides is 1. The maximum absolute atomic E-state index is 13.2. The summed E-state index contributed by atoms with van der Waals surface area (Å²) in [5.74, 6) is 0.161. The minimum Gasteiger partial charge on any atom is -0.495 e. The van der Waals surface area contributed by atoms with Crippen molar-refractivity contribution in [3.05, 3.63) is 74.1 Å². The van der Waals surface area contributed by atoms with E-state index in [1.54, 1.807) is 40.9 Å². The zero-order valence-corrected chi connectivity index (χ0v) is 20.5. The van der Waals surface area contributed by atoms with Crippen molar-refractivity contribution in [2.45, 2.75) is 17.4 Å². The Balaban J connectivity index is 1.63. The van der Waals surface area contributed by atoms with Crippen LogP contribution in [0.4, 0.5) is 0 Å². The molecule has 6 nitrogen and oxygen atoms in total. The summed E-state index contributed by atoms with van der Waals surface area (Å²) in [7, 11) is 0.694. The van der Waals surface area contributed by atoms with Gasteiger partial charge in [-0.3, -0.25) is 4.79 Å². The molecule has 0 N–H and O–H groups in total. The number of hydrogen-bond acceptors (Lipinski definition) is 6. The predicted molar refractivity (Wildman–Crippen MR) is 129 cm³/mol. The van der Waals surface area contributed by atoms with Gasteiger partial charge in [-0.1, -0.05) is 12.1 Å². The van der Waals surface area contributed by atoms with Crippen LogP contribution in [0.15, 0.2) is 58.1 Å². The van der Waals surface area contributed by atoms with Crippen molar-refractivity contribution < 1.29 is 17.9 Å². The zero-order valence-electron chi connectivity index (χ0n) is 18.0. The quantitative estimate of drug-likeness (QED) is 0.487. The second-order valence-corrected chi connectivity index (χ2v) is 11.6. The molecule has 3 heterocycles. The van der Waals surface area contributed by atoms with Gasteiger partial charge < -0.3 is 9.64 Å². The van der Waals surface area contributed by atoms with E-state index in [1.807, 2.05) is 16.3 Å². The van der Waals surface area contributed by atoms with Gasteiger partial charge in [-0.15, -0.1) is 22.7 Å². The molecule has 1 amide bonds. The van der Waals surface area contributed by atoms with E-state index in [-0.39, 0.29) is 22.6 Å². The Morgan fingerprint density at radius 1 is 1.19 bits per heavy atom. The molecular formula is C23H24N2O4S3. The molecule has 0 bridgehead atoms. The molecular weight excluding hydrogens is 464 g/mol. The first-order valence-corrected chi connectivity index (χ1v) is 13.2. The first-order valence-electron chi connectivity index (χ1n) is 10.0. The number of carbonyl (C=O) groups excluding carboxylic acids is 1. The fourth-order valence-corrected chi connectivity index (χ4v) is 6.61. The Morgan fingerprint density at radius 2 is 2.00 bits per heavy atom. The van der Waals surface area contributed by atoms with Crippen LogP contribution in [0.3, 0.4) is 0 Å². The third kappa shape index (κ3) is 4.25. The lowest BCUT2D eigenvalue weighted by Crippen LogP contribution is -2.38. The summed E-state index contributed by atoms with van der Waals surface area (Å²) < 4.78 is 31.7. The largest absolute Gasteiger partial charge is 0.495 e. The highest BCUT2D eigenvalue weighted by Gasteiger charge is 2.32. The minimum atomic E-state index is -3.68. The summed E-state index contributed by atoms with van der Waals surface area (Å²) in [4.78, 5) is 17.6. The van der Waals surface area contributed by atoms with E-state index in [4.69, 9.17) is 4.74 Å². The normalized spacial score (nSPS) is 16.5. The van der Waals surface area contributed by atoms with E-state index < -0.39 is 10.0 Å². The number of amides is 1. The Hall–Kier alpha value is -2.46. The molecule has 32 heavy (non-hydrogen) atoms. The van der Waals surface area contributed by atoms with Gasteiger partial charge >= 0.3 is 0 Å². The van der Waals surface area contributed by atoms with Crippen molar-refractivity contribution in [3.63, 3.8) is 0 Å². The molecule has 0 fully saturated rings. The van der Waals surface area contributed by atoms with Gasteiger partial charge in [0.25, 0.3) is 0 Å². The second kappa shape index (κ2) is 9.19. The van der Waals surface area contributed by atoms with Crippen LogP contribution in [0.5, 0.6) is 5.75 Å². The van der Waals surface area contributed by atoms with Gasteiger partial charge in [0.2, 0.25) is 15.9 Å². The summed E-state index contributed by atoms with van der Waals surface area (Å²) >= 11 is 3.38. The molecule has 0 spiro atoms. The van der Waals surface area contributed by atoms with Gasteiger partial charge in [0.15, 0.2) is 0 Å². The summed E-state index contributed by atoms with van der Waals surface area (Å²) in [6.07, 6.45) is 4.01. The van der Waals surface area contributed by atoms with Gasteiger partial charge in [-0.2, -0.15) is 0 Å². The van der Waals surface area contributed by atoms with Crippen LogP contribution in [0.1, 0.15) is 26.9 Å². The third-order valence-corrected chi connectivity index (χ3v) is 9.18. The van der Waals surface area contributed by atoms with E-state index in [0.29, 0.717) is 12.1 Å². The number of rotatable bonds is 6. The smallest absolute Gasteiger partial charge is 0.247 e. The average molecular weight is 489 g/mol. The highest BCUT2D eigenvalue weighted by Crippen LogP contribution is 2.39. The van der Waals surface area contributed by atoms with Gasteiger partial charge in [0, 0.05) is 36.5 Å². The molecule has 0 saturated heterocycles. The molecule has 1 aliphatic heterocycles. The molecule has 3 aromatic rings. The van der Waals surface area contributed by atoms with Crippen LogP contribution < -0.4 is 4.74 Å². The van der Waals surface area contributed by atoms with E-state index in [0.717, 1.165) is 15.6 Å². The first-order chi connectivity index (χ1) is 15.3. The summed E-state index contributed by atoms with van der Waals surface area (Å²) in [6, 6.07) is 11.0. The second-order valence-electron chi connectivity index (χ2n) is 7.53. The highest BCUT2D eigenvalue weighted by atomic mass is 32.2. The Bertz CT molecular complexity index is 1240. The standard InChI is InChI=1S/C23H24N2O4S3/c1-24(2)32(27,28)21-15-16(6-8-18(21)29-3)7-9-22(26)25-12-10-19-17(11-14-31-19)23(25)20-5-4-13-30-20/h4-9,11,13-15,23H,10,12H2,1-3H3. The number of hydrogen-bond donors (Lipinski definition) is 0. The van der Waals surface area contributed by atoms with Gasteiger partial charge in [-0.05, 0) is 58.6 Å². The van der Waals surface area contributed by atoms with Crippen LogP contribution in [0.2, 0.25) is 0 Å². The number of thiophene rings is 2. The molecule has 1 unspecified atom stereocenters. The van der Waals surface area contributed by atoms with Crippen LogP contribution in [-0.4, -0.2) is 51.3 Å². The van der Waals surface area contributed by atoms with Gasteiger partial charge in [0.05, 0.1) is 13.2 Å². The zero-order chi connectivity index (χ0) is 22.9. The maximum Gasteiger partial charge on any atom is 0.247 e. The molecule has 2 aromatic heterocycles. The van der Waals surface area contributed by atoms with E-state index in [2.05, 4.69) is 17.5 Å². The van der Waals surface area contributed by atoms with Crippen molar-refractivity contribution in [2.75, 3.05) is 27.7 Å². The lowest BCUT2D eigenvalue weighted by molar-refractivity contribution is -0.127. The third-order valence-electron chi connectivity index (χ3n) is 5.43. The lowest BCUT2D eigenvalue weighted by atomic mass is 9.98. The summed E-state index contributed by atoms with van der Waals surface area (Å²) in [5, 5.41) is 4.11. The van der Waals surface area contributed by atoms with Crippen LogP contribution in [-0.2, 0) is 21.2 Å².